The van der Waals surface area contributed by atoms with E-state index < -0.39 is 6.04 Å². The fraction of sp³-hybridized carbons (Fsp3) is 0.174. The van der Waals surface area contributed by atoms with Crippen LogP contribution in [0.25, 0.3) is 0 Å². The maximum atomic E-state index is 12.9. The van der Waals surface area contributed by atoms with E-state index in [1.807, 2.05) is 60.7 Å². The van der Waals surface area contributed by atoms with Gasteiger partial charge in [0.05, 0.1) is 12.3 Å². The molecule has 1 aromatic heterocycles. The van der Waals surface area contributed by atoms with Crippen molar-refractivity contribution in [2.75, 3.05) is 5.32 Å². The van der Waals surface area contributed by atoms with Crippen molar-refractivity contribution in [3.8, 4) is 5.75 Å². The van der Waals surface area contributed by atoms with Gasteiger partial charge in [-0.15, -0.1) is 0 Å². The Morgan fingerprint density at radius 1 is 1.14 bits per heavy atom. The average molecular weight is 389 g/mol. The molecule has 3 rings (SSSR count). The smallest absolute Gasteiger partial charge is 0.249 e. The molecule has 3 N–H and O–H groups in total. The molecule has 0 fully saturated rings. The number of benzene rings is 2. The van der Waals surface area contributed by atoms with E-state index in [0.29, 0.717) is 28.9 Å². The number of carbonyl (C=O) groups is 1. The number of rotatable bonds is 7. The topological polar surface area (TPSA) is 94.8 Å². The van der Waals surface area contributed by atoms with Crippen LogP contribution in [0.5, 0.6) is 5.75 Å². The Bertz CT molecular complexity index is 989. The summed E-state index contributed by atoms with van der Waals surface area (Å²) in [5.74, 6) is -0.311. The minimum Gasteiger partial charge on any atom is -0.505 e. The zero-order chi connectivity index (χ0) is 20.6. The first-order chi connectivity index (χ1) is 14.1. The Morgan fingerprint density at radius 2 is 1.79 bits per heavy atom. The van der Waals surface area contributed by atoms with Crippen LogP contribution < -0.4 is 5.32 Å². The molecule has 3 aromatic rings. The minimum absolute atomic E-state index is 0.0535. The van der Waals surface area contributed by atoms with Gasteiger partial charge < -0.3 is 15.5 Å². The molecule has 148 valence electrons. The molecule has 1 heterocycles. The molecule has 0 unspecified atom stereocenters. The van der Waals surface area contributed by atoms with Crippen molar-refractivity contribution in [1.82, 2.24) is 4.98 Å². The second-order valence-electron chi connectivity index (χ2n) is 6.63. The normalized spacial score (nSPS) is 12.1. The Morgan fingerprint density at radius 3 is 2.45 bits per heavy atom. The largest absolute Gasteiger partial charge is 0.505 e. The molecule has 0 aliphatic rings. The maximum Gasteiger partial charge on any atom is 0.249 e. The molecule has 1 atom stereocenters. The third kappa shape index (κ3) is 5.27. The summed E-state index contributed by atoms with van der Waals surface area (Å²) in [7, 11) is 0. The van der Waals surface area contributed by atoms with E-state index in [9.17, 15) is 15.0 Å². The fourth-order valence-corrected chi connectivity index (χ4v) is 2.88. The van der Waals surface area contributed by atoms with Crippen molar-refractivity contribution in [1.29, 1.82) is 0 Å². The predicted octanol–water partition coefficient (Wildman–Crippen LogP) is 3.26. The molecule has 29 heavy (non-hydrogen) atoms. The lowest BCUT2D eigenvalue weighted by molar-refractivity contribution is -0.117. The molecule has 2 aromatic carbocycles. The second-order valence-corrected chi connectivity index (χ2v) is 6.63. The quantitative estimate of drug-likeness (QED) is 0.541. The number of anilines is 1. The highest BCUT2D eigenvalue weighted by molar-refractivity contribution is 5.97. The van der Waals surface area contributed by atoms with Crippen molar-refractivity contribution in [2.24, 2.45) is 4.99 Å². The van der Waals surface area contributed by atoms with Crippen molar-refractivity contribution in [2.45, 2.75) is 26.0 Å². The first kappa shape index (κ1) is 20.2. The first-order valence-electron chi connectivity index (χ1n) is 9.29. The van der Waals surface area contributed by atoms with E-state index in [2.05, 4.69) is 15.3 Å². The van der Waals surface area contributed by atoms with E-state index in [4.69, 9.17) is 0 Å². The summed E-state index contributed by atoms with van der Waals surface area (Å²) >= 11 is 0. The lowest BCUT2D eigenvalue weighted by Crippen LogP contribution is -2.28. The summed E-state index contributed by atoms with van der Waals surface area (Å²) in [6.45, 7) is 1.37. The van der Waals surface area contributed by atoms with Crippen LogP contribution >= 0.6 is 0 Å². The van der Waals surface area contributed by atoms with Crippen molar-refractivity contribution >= 4 is 17.8 Å². The predicted molar refractivity (Wildman–Crippen MR) is 113 cm³/mol. The zero-order valence-electron chi connectivity index (χ0n) is 16.1. The van der Waals surface area contributed by atoms with Gasteiger partial charge in [-0.2, -0.15) is 0 Å². The number of aromatic nitrogens is 1. The van der Waals surface area contributed by atoms with Crippen LogP contribution in [0.2, 0.25) is 0 Å². The molecule has 1 amide bonds. The summed E-state index contributed by atoms with van der Waals surface area (Å²) in [6.07, 6.45) is 3.33. The Hall–Kier alpha value is -3.51. The summed E-state index contributed by atoms with van der Waals surface area (Å²) in [4.78, 5) is 21.4. The third-order valence-corrected chi connectivity index (χ3v) is 4.53. The van der Waals surface area contributed by atoms with Gasteiger partial charge in [0.1, 0.15) is 11.8 Å². The van der Waals surface area contributed by atoms with Crippen molar-refractivity contribution in [3.63, 3.8) is 0 Å². The Labute approximate surface area is 169 Å². The number of aliphatic hydroxyl groups excluding tert-OH is 1. The summed E-state index contributed by atoms with van der Waals surface area (Å²) in [6, 6.07) is 18.1. The molecule has 0 saturated heterocycles. The number of pyridine rings is 1. The molecule has 0 bridgehead atoms. The molecule has 0 radical (unpaired) electrons. The average Bonchev–Trinajstić information content (AvgIpc) is 2.75. The van der Waals surface area contributed by atoms with E-state index in [0.717, 1.165) is 5.56 Å². The first-order valence-corrected chi connectivity index (χ1v) is 9.29. The number of carbonyl (C=O) groups excluding carboxylic acids is 1. The monoisotopic (exact) mass is 389 g/mol. The van der Waals surface area contributed by atoms with Crippen LogP contribution in [-0.4, -0.2) is 33.4 Å². The van der Waals surface area contributed by atoms with E-state index in [-0.39, 0.29) is 18.3 Å². The zero-order valence-corrected chi connectivity index (χ0v) is 16.1. The van der Waals surface area contributed by atoms with Crippen LogP contribution in [0.4, 0.5) is 5.69 Å². The molecular weight excluding hydrogens is 366 g/mol. The van der Waals surface area contributed by atoms with Gasteiger partial charge in [-0.25, -0.2) is 0 Å². The van der Waals surface area contributed by atoms with Crippen LogP contribution in [0, 0.1) is 6.92 Å². The molecular formula is C23H23N3O3. The summed E-state index contributed by atoms with van der Waals surface area (Å²) in [5.41, 5.74) is 2.89. The van der Waals surface area contributed by atoms with Crippen LogP contribution in [0.1, 0.15) is 22.4 Å². The van der Waals surface area contributed by atoms with Gasteiger partial charge in [-0.05, 0) is 24.6 Å². The van der Waals surface area contributed by atoms with E-state index >= 15 is 0 Å². The van der Waals surface area contributed by atoms with Gasteiger partial charge in [0.15, 0.2) is 0 Å². The van der Waals surface area contributed by atoms with E-state index in [1.54, 1.807) is 6.92 Å². The van der Waals surface area contributed by atoms with Gasteiger partial charge in [-0.3, -0.25) is 14.8 Å². The number of para-hydroxylation sites is 1. The maximum absolute atomic E-state index is 12.9. The highest BCUT2D eigenvalue weighted by Crippen LogP contribution is 2.22. The Balaban J connectivity index is 1.90. The number of aromatic hydroxyl groups is 1. The number of nitrogens with zero attached hydrogens (tertiary/aromatic N) is 2. The van der Waals surface area contributed by atoms with Gasteiger partial charge in [-0.1, -0.05) is 48.5 Å². The SMILES string of the molecule is Cc1ncc(CO)c(C=N[C@@H](Cc2ccccc2)C(=O)Nc2ccccc2)c1O. The standard InChI is InChI=1S/C23H23N3O3/c1-16-22(28)20(18(15-27)13-24-16)14-25-21(12-17-8-4-2-5-9-17)23(29)26-19-10-6-3-7-11-19/h2-11,13-14,21,27-28H,12,15H2,1H3,(H,26,29)/t21-/m0/s1. The summed E-state index contributed by atoms with van der Waals surface area (Å²) < 4.78 is 0. The number of nitrogens with one attached hydrogen (secondary N) is 1. The number of aryl methyl sites for hydroxylation is 1. The number of amides is 1. The molecule has 6 nitrogen and oxygen atoms in total. The molecule has 0 aliphatic carbocycles. The van der Waals surface area contributed by atoms with Crippen molar-refractivity contribution in [3.05, 3.63) is 89.2 Å². The van der Waals surface area contributed by atoms with Gasteiger partial charge in [0.25, 0.3) is 0 Å². The van der Waals surface area contributed by atoms with Crippen LogP contribution in [-0.2, 0) is 17.8 Å². The van der Waals surface area contributed by atoms with Crippen LogP contribution in [0.3, 0.4) is 0 Å². The van der Waals surface area contributed by atoms with Gasteiger partial charge in [0.2, 0.25) is 5.91 Å². The lowest BCUT2D eigenvalue weighted by Gasteiger charge is -2.14. The number of aliphatic imine (C=N–C) groups is 1. The summed E-state index contributed by atoms with van der Waals surface area (Å²) in [5, 5.41) is 22.7. The number of aliphatic hydroxyl groups is 1. The fourth-order valence-electron chi connectivity index (χ4n) is 2.88. The van der Waals surface area contributed by atoms with Crippen LogP contribution in [0.15, 0.2) is 71.9 Å². The van der Waals surface area contributed by atoms with E-state index in [1.165, 1.54) is 12.4 Å². The van der Waals surface area contributed by atoms with Gasteiger partial charge in [0, 0.05) is 35.6 Å². The van der Waals surface area contributed by atoms with Gasteiger partial charge >= 0.3 is 0 Å². The number of hydrogen-bond donors (Lipinski definition) is 3. The molecule has 0 saturated carbocycles. The number of hydrogen-bond acceptors (Lipinski definition) is 5. The lowest BCUT2D eigenvalue weighted by atomic mass is 10.0. The highest BCUT2D eigenvalue weighted by Gasteiger charge is 2.19. The Kier molecular flexibility index (Phi) is 6.71. The molecule has 0 spiro atoms. The minimum atomic E-state index is -0.711. The van der Waals surface area contributed by atoms with Crippen molar-refractivity contribution < 1.29 is 15.0 Å². The third-order valence-electron chi connectivity index (χ3n) is 4.53. The highest BCUT2D eigenvalue weighted by atomic mass is 16.3. The molecule has 6 heteroatoms. The molecule has 0 aliphatic heterocycles. The second kappa shape index (κ2) is 9.61.